The molecule has 0 saturated heterocycles. The van der Waals surface area contributed by atoms with Crippen molar-refractivity contribution < 1.29 is 4.84 Å². The molecule has 0 saturated carbocycles. The molecule has 34 heavy (non-hydrogen) atoms. The Morgan fingerprint density at radius 1 is 0.618 bits per heavy atom. The van der Waals surface area contributed by atoms with Gasteiger partial charge in [-0.15, -0.1) is 0 Å². The minimum Gasteiger partial charge on any atom is -0.382 e. The predicted molar refractivity (Wildman–Crippen MR) is 145 cm³/mol. The van der Waals surface area contributed by atoms with E-state index in [9.17, 15) is 0 Å². The van der Waals surface area contributed by atoms with Crippen molar-refractivity contribution in [2.24, 2.45) is 5.73 Å². The third-order valence-electron chi connectivity index (χ3n) is 6.44. The Hall–Kier alpha value is -3.82. The predicted octanol–water partition coefficient (Wildman–Crippen LogP) is 7.37. The van der Waals surface area contributed by atoms with E-state index in [2.05, 4.69) is 72.2 Å². The fourth-order valence-corrected chi connectivity index (χ4v) is 4.71. The summed E-state index contributed by atoms with van der Waals surface area (Å²) in [6.45, 7) is 0.799. The molecule has 0 unspecified atom stereocenters. The lowest BCUT2D eigenvalue weighted by molar-refractivity contribution is 0.239. The Kier molecular flexibility index (Phi) is 6.73. The van der Waals surface area contributed by atoms with Crippen LogP contribution >= 0.6 is 0 Å². The van der Waals surface area contributed by atoms with E-state index in [-0.39, 0.29) is 0 Å². The number of hydroxylamine groups is 1. The number of rotatable bonds is 5. The molecule has 0 amide bonds. The van der Waals surface area contributed by atoms with Gasteiger partial charge in [0.05, 0.1) is 0 Å². The summed E-state index contributed by atoms with van der Waals surface area (Å²) in [5.74, 6) is 0.880. The molecule has 1 aliphatic heterocycles. The zero-order valence-corrected chi connectivity index (χ0v) is 19.3. The fraction of sp³-hybridized carbons (Fsp3) is 0.161. The zero-order chi connectivity index (χ0) is 23.2. The molecule has 0 atom stereocenters. The van der Waals surface area contributed by atoms with Gasteiger partial charge in [0.2, 0.25) is 0 Å². The molecule has 1 heterocycles. The maximum Gasteiger partial charge on any atom is 0.162 e. The van der Waals surface area contributed by atoms with Crippen LogP contribution in [0.3, 0.4) is 0 Å². The second-order valence-electron chi connectivity index (χ2n) is 8.65. The second-order valence-corrected chi connectivity index (χ2v) is 8.65. The van der Waals surface area contributed by atoms with Gasteiger partial charge in [-0.1, -0.05) is 91.3 Å². The third-order valence-corrected chi connectivity index (χ3v) is 6.44. The lowest BCUT2D eigenvalue weighted by Crippen LogP contribution is -2.13. The van der Waals surface area contributed by atoms with E-state index in [1.807, 2.05) is 30.3 Å². The van der Waals surface area contributed by atoms with Crippen LogP contribution in [-0.2, 0) is 6.42 Å². The fourth-order valence-electron chi connectivity index (χ4n) is 4.71. The number of nitrogens with one attached hydrogen (secondary N) is 1. The van der Waals surface area contributed by atoms with Crippen LogP contribution in [0.2, 0.25) is 0 Å². The highest BCUT2D eigenvalue weighted by molar-refractivity contribution is 6.17. The summed E-state index contributed by atoms with van der Waals surface area (Å²) >= 11 is 0. The number of hydrogen-bond donors (Lipinski definition) is 2. The van der Waals surface area contributed by atoms with E-state index < -0.39 is 0 Å². The first-order valence-electron chi connectivity index (χ1n) is 12.1. The van der Waals surface area contributed by atoms with Crippen LogP contribution in [0.15, 0.2) is 97.2 Å². The van der Waals surface area contributed by atoms with Crippen molar-refractivity contribution >= 4 is 38.4 Å². The van der Waals surface area contributed by atoms with Gasteiger partial charge in [0.15, 0.2) is 5.75 Å². The number of hydrogen-bond acceptors (Lipinski definition) is 3. The van der Waals surface area contributed by atoms with Gasteiger partial charge < -0.3 is 10.6 Å². The van der Waals surface area contributed by atoms with Gasteiger partial charge in [-0.3, -0.25) is 0 Å². The number of benzene rings is 5. The largest absolute Gasteiger partial charge is 0.382 e. The molecule has 0 fully saturated rings. The summed E-state index contributed by atoms with van der Waals surface area (Å²) in [6, 6.07) is 32.4. The van der Waals surface area contributed by atoms with E-state index in [1.165, 1.54) is 50.7 Å². The van der Waals surface area contributed by atoms with Crippen molar-refractivity contribution in [1.82, 2.24) is 5.48 Å². The van der Waals surface area contributed by atoms with E-state index in [4.69, 9.17) is 10.6 Å². The molecule has 1 aliphatic rings. The van der Waals surface area contributed by atoms with Crippen LogP contribution in [0.4, 0.5) is 0 Å². The van der Waals surface area contributed by atoms with Gasteiger partial charge in [0, 0.05) is 11.8 Å². The molecule has 5 aromatic carbocycles. The first-order chi connectivity index (χ1) is 16.8. The van der Waals surface area contributed by atoms with Gasteiger partial charge in [-0.2, -0.15) is 0 Å². The first kappa shape index (κ1) is 22.0. The quantitative estimate of drug-likeness (QED) is 0.219. The van der Waals surface area contributed by atoms with Gasteiger partial charge in [0.25, 0.3) is 0 Å². The molecular weight excluding hydrogens is 416 g/mol. The van der Waals surface area contributed by atoms with Crippen LogP contribution in [-0.4, -0.2) is 6.54 Å². The van der Waals surface area contributed by atoms with Gasteiger partial charge in [-0.05, 0) is 75.8 Å². The van der Waals surface area contributed by atoms with Crippen LogP contribution in [0.25, 0.3) is 38.4 Å². The Balaban J connectivity index is 0.000000200. The molecule has 3 heteroatoms. The van der Waals surface area contributed by atoms with Crippen molar-refractivity contribution in [1.29, 1.82) is 0 Å². The molecule has 3 nitrogen and oxygen atoms in total. The summed E-state index contributed by atoms with van der Waals surface area (Å²) in [7, 11) is 0. The zero-order valence-electron chi connectivity index (χ0n) is 19.3. The summed E-state index contributed by atoms with van der Waals surface area (Å²) in [6.07, 6.45) is 8.43. The molecular formula is C31H30N2O. The first-order valence-corrected chi connectivity index (χ1v) is 12.1. The van der Waals surface area contributed by atoms with Gasteiger partial charge >= 0.3 is 0 Å². The monoisotopic (exact) mass is 446 g/mol. The number of fused-ring (bicyclic) bond motifs is 6. The third kappa shape index (κ3) is 4.61. The molecule has 170 valence electrons. The average molecular weight is 447 g/mol. The van der Waals surface area contributed by atoms with E-state index in [1.54, 1.807) is 6.20 Å². The second kappa shape index (κ2) is 10.4. The van der Waals surface area contributed by atoms with Crippen LogP contribution in [0.5, 0.6) is 5.75 Å². The minimum atomic E-state index is 0.799. The molecule has 0 bridgehead atoms. The lowest BCUT2D eigenvalue weighted by Gasteiger charge is -2.11. The van der Waals surface area contributed by atoms with Gasteiger partial charge in [0.1, 0.15) is 0 Å². The Labute approximate surface area is 200 Å². The molecule has 0 aromatic heterocycles. The lowest BCUT2D eigenvalue weighted by atomic mass is 9.93. The summed E-state index contributed by atoms with van der Waals surface area (Å²) in [5, 5.41) is 8.12. The molecule has 5 aromatic rings. The van der Waals surface area contributed by atoms with Crippen molar-refractivity contribution in [3.63, 3.8) is 0 Å². The van der Waals surface area contributed by atoms with E-state index >= 15 is 0 Å². The average Bonchev–Trinajstić information content (AvgIpc) is 2.91. The highest BCUT2D eigenvalue weighted by Crippen LogP contribution is 2.33. The summed E-state index contributed by atoms with van der Waals surface area (Å²) in [5.41, 5.74) is 10.8. The standard InChI is InChI=1S/C23H23N.C8H7NO/c24-16-5-1-2-7-17-9-6-11-21-20(17)14-15-22-19-10-4-3-8-18(19)12-13-23(21)22;1-2-4-8-7(3-1)5-6-9-10-8/h3-4,6,8-15H,1-2,5,7,16,24H2;1-6,9H. The van der Waals surface area contributed by atoms with Gasteiger partial charge in [-0.25, -0.2) is 5.48 Å². The van der Waals surface area contributed by atoms with Crippen molar-refractivity contribution in [2.75, 3.05) is 6.54 Å². The molecule has 6 rings (SSSR count). The van der Waals surface area contributed by atoms with Crippen molar-refractivity contribution in [3.8, 4) is 5.75 Å². The smallest absolute Gasteiger partial charge is 0.162 e. The maximum atomic E-state index is 5.61. The number of aryl methyl sites for hydroxylation is 1. The van der Waals surface area contributed by atoms with Crippen LogP contribution in [0.1, 0.15) is 30.4 Å². The molecule has 0 radical (unpaired) electrons. The molecule has 0 aliphatic carbocycles. The van der Waals surface area contributed by atoms with E-state index in [0.717, 1.165) is 30.7 Å². The van der Waals surface area contributed by atoms with Crippen LogP contribution in [0, 0.1) is 0 Å². The maximum absolute atomic E-state index is 5.61. The Morgan fingerprint density at radius 2 is 1.35 bits per heavy atom. The summed E-state index contributed by atoms with van der Waals surface area (Å²) in [4.78, 5) is 5.09. The normalized spacial score (nSPS) is 12.0. The minimum absolute atomic E-state index is 0.799. The molecule has 0 spiro atoms. The molecule has 3 N–H and O–H groups in total. The van der Waals surface area contributed by atoms with Crippen LogP contribution < -0.4 is 16.1 Å². The summed E-state index contributed by atoms with van der Waals surface area (Å²) < 4.78 is 0. The topological polar surface area (TPSA) is 47.3 Å². The number of nitrogens with two attached hydrogens (primary N) is 1. The van der Waals surface area contributed by atoms with Crippen molar-refractivity contribution in [2.45, 2.75) is 25.7 Å². The number of para-hydroxylation sites is 1. The Bertz CT molecular complexity index is 1450. The highest BCUT2D eigenvalue weighted by Gasteiger charge is 2.07. The van der Waals surface area contributed by atoms with Crippen molar-refractivity contribution in [3.05, 3.63) is 108 Å². The number of unbranched alkanes of at least 4 members (excludes halogenated alkanes) is 2. The highest BCUT2D eigenvalue weighted by atomic mass is 16.6. The SMILES string of the molecule is C1=Cc2ccccc2ON1.NCCCCCc1cccc2c1ccc1c3ccccc3ccc21. The van der Waals surface area contributed by atoms with E-state index in [0.29, 0.717) is 0 Å². The Morgan fingerprint density at radius 3 is 2.26 bits per heavy atom.